The van der Waals surface area contributed by atoms with Gasteiger partial charge in [-0.15, -0.1) is 0 Å². The number of aromatic nitrogens is 4. The second kappa shape index (κ2) is 13.4. The molecule has 1 aliphatic carbocycles. The van der Waals surface area contributed by atoms with E-state index in [-0.39, 0.29) is 22.9 Å². The minimum atomic E-state index is -0.231. The monoisotopic (exact) mass is 663 g/mol. The van der Waals surface area contributed by atoms with E-state index in [2.05, 4.69) is 36.8 Å². The molecule has 0 bridgehead atoms. The predicted octanol–water partition coefficient (Wildman–Crippen LogP) is 4.16. The summed E-state index contributed by atoms with van der Waals surface area (Å²) in [5, 5.41) is 1.67. The molecule has 0 aromatic carbocycles. The van der Waals surface area contributed by atoms with Crippen molar-refractivity contribution < 1.29 is 9.59 Å². The molecular formula is C33H42BrN7O3. The number of hydrogen-bond acceptors (Lipinski definition) is 8. The molecule has 0 radical (unpaired) electrons. The first-order valence-electron chi connectivity index (χ1n) is 16.0. The summed E-state index contributed by atoms with van der Waals surface area (Å²) < 4.78 is 1.76. The maximum absolute atomic E-state index is 13.5. The van der Waals surface area contributed by atoms with Gasteiger partial charge in [0.1, 0.15) is 11.5 Å². The minimum Gasteiger partial charge on any atom is -0.368 e. The van der Waals surface area contributed by atoms with Gasteiger partial charge in [0.05, 0.1) is 23.9 Å². The zero-order valence-corrected chi connectivity index (χ0v) is 27.4. The van der Waals surface area contributed by atoms with Crippen molar-refractivity contribution in [1.82, 2.24) is 29.3 Å². The largest absolute Gasteiger partial charge is 0.368 e. The van der Waals surface area contributed by atoms with E-state index in [4.69, 9.17) is 9.97 Å². The number of aryl methyl sites for hydroxylation is 1. The van der Waals surface area contributed by atoms with Crippen LogP contribution in [-0.2, 0) is 11.2 Å². The van der Waals surface area contributed by atoms with Gasteiger partial charge in [0.25, 0.3) is 5.56 Å². The number of piperidine rings is 1. The summed E-state index contributed by atoms with van der Waals surface area (Å²) in [6.07, 6.45) is 9.88. The maximum atomic E-state index is 13.5. The first-order valence-corrected chi connectivity index (χ1v) is 17.1. The zero-order chi connectivity index (χ0) is 30.8. The summed E-state index contributed by atoms with van der Waals surface area (Å²) in [5.41, 5.74) is 3.26. The number of hydrogen-bond donors (Lipinski definition) is 0. The highest BCUT2D eigenvalue weighted by atomic mass is 79.9. The number of rotatable bonds is 9. The van der Waals surface area contributed by atoms with Crippen molar-refractivity contribution >= 4 is 44.3 Å². The Balaban J connectivity index is 1.09. The number of ketones is 1. The molecular weight excluding hydrogens is 622 g/mol. The number of fused-ring (bicyclic) bond motifs is 1. The molecule has 234 valence electrons. The fourth-order valence-electron chi connectivity index (χ4n) is 7.04. The molecule has 3 aromatic rings. The quantitative estimate of drug-likeness (QED) is 0.248. The third-order valence-corrected chi connectivity index (χ3v) is 10.6. The van der Waals surface area contributed by atoms with Gasteiger partial charge in [-0.05, 0) is 56.7 Å². The molecule has 10 nitrogen and oxygen atoms in total. The lowest BCUT2D eigenvalue weighted by atomic mass is 9.98. The van der Waals surface area contributed by atoms with Crippen molar-refractivity contribution in [3.8, 4) is 0 Å². The average Bonchev–Trinajstić information content (AvgIpc) is 3.55. The van der Waals surface area contributed by atoms with E-state index in [0.717, 1.165) is 100 Å². The summed E-state index contributed by atoms with van der Waals surface area (Å²) in [6, 6.07) is 4.21. The van der Waals surface area contributed by atoms with Crippen molar-refractivity contribution in [1.29, 1.82) is 0 Å². The minimum absolute atomic E-state index is 0.0588. The van der Waals surface area contributed by atoms with Crippen LogP contribution in [0.15, 0.2) is 29.3 Å². The van der Waals surface area contributed by atoms with Crippen LogP contribution >= 0.6 is 15.9 Å². The molecule has 5 heterocycles. The molecule has 0 N–H and O–H groups in total. The van der Waals surface area contributed by atoms with E-state index in [1.165, 1.54) is 6.92 Å². The van der Waals surface area contributed by atoms with Crippen LogP contribution in [-0.4, -0.2) is 92.2 Å². The lowest BCUT2D eigenvalue weighted by molar-refractivity contribution is -0.134. The normalized spacial score (nSPS) is 20.2. The molecule has 44 heavy (non-hydrogen) atoms. The Kier molecular flexibility index (Phi) is 9.42. The molecule has 1 saturated carbocycles. The van der Waals surface area contributed by atoms with Gasteiger partial charge in [-0.2, -0.15) is 0 Å². The van der Waals surface area contributed by atoms with Crippen LogP contribution in [0.1, 0.15) is 78.9 Å². The molecule has 1 atom stereocenters. The van der Waals surface area contributed by atoms with E-state index >= 15 is 0 Å². The van der Waals surface area contributed by atoms with Crippen molar-refractivity contribution in [2.75, 3.05) is 56.0 Å². The summed E-state index contributed by atoms with van der Waals surface area (Å²) in [6.45, 7) is 9.66. The Bertz CT molecular complexity index is 1580. The lowest BCUT2D eigenvalue weighted by Gasteiger charge is -2.38. The SMILES string of the molecule is CC(=O)c1c(C)c2cnc(Cc3ccc(N4CCN(CCN5CCC(CBr)CC5=O)CC4)cn3)nc2n(C2CCCC2)c1=O. The topological polar surface area (TPSA) is 105 Å². The Morgan fingerprint density at radius 3 is 2.41 bits per heavy atom. The fraction of sp³-hybridized carbons (Fsp3) is 0.576. The number of pyridine rings is 2. The summed E-state index contributed by atoms with van der Waals surface area (Å²) in [5.74, 6) is 1.17. The highest BCUT2D eigenvalue weighted by Gasteiger charge is 2.27. The number of piperazine rings is 1. The fourth-order valence-corrected chi connectivity index (χ4v) is 7.59. The summed E-state index contributed by atoms with van der Waals surface area (Å²) >= 11 is 3.52. The van der Waals surface area contributed by atoms with Crippen LogP contribution in [0, 0.1) is 12.8 Å². The van der Waals surface area contributed by atoms with Crippen molar-refractivity contribution in [2.45, 2.75) is 64.8 Å². The van der Waals surface area contributed by atoms with Gasteiger partial charge < -0.3 is 9.80 Å². The lowest BCUT2D eigenvalue weighted by Crippen LogP contribution is -2.50. The molecule has 1 amide bonds. The molecule has 3 aliphatic rings. The van der Waals surface area contributed by atoms with Gasteiger partial charge >= 0.3 is 0 Å². The highest BCUT2D eigenvalue weighted by molar-refractivity contribution is 9.09. The number of carbonyl (C=O) groups excluding carboxylic acids is 2. The number of alkyl halides is 1. The molecule has 2 aliphatic heterocycles. The molecule has 11 heteroatoms. The predicted molar refractivity (Wildman–Crippen MR) is 175 cm³/mol. The second-order valence-electron chi connectivity index (χ2n) is 12.6. The third-order valence-electron chi connectivity index (χ3n) is 9.71. The van der Waals surface area contributed by atoms with Gasteiger partial charge in [0, 0.05) is 80.9 Å². The number of nitrogens with zero attached hydrogens (tertiary/aromatic N) is 7. The molecule has 3 aromatic heterocycles. The molecule has 2 saturated heterocycles. The zero-order valence-electron chi connectivity index (χ0n) is 25.8. The third kappa shape index (κ3) is 6.44. The number of Topliss-reactive ketones (excluding diaryl/α,β-unsaturated/α-hetero) is 1. The van der Waals surface area contributed by atoms with E-state index < -0.39 is 0 Å². The van der Waals surface area contributed by atoms with Crippen molar-refractivity contribution in [3.05, 3.63) is 57.5 Å². The Morgan fingerprint density at radius 1 is 0.977 bits per heavy atom. The van der Waals surface area contributed by atoms with Crippen LogP contribution in [0.2, 0.25) is 0 Å². The van der Waals surface area contributed by atoms with Crippen LogP contribution in [0.25, 0.3) is 11.0 Å². The Hall–Kier alpha value is -3.18. The van der Waals surface area contributed by atoms with Crippen molar-refractivity contribution in [3.63, 3.8) is 0 Å². The number of anilines is 1. The van der Waals surface area contributed by atoms with Crippen LogP contribution in [0.4, 0.5) is 5.69 Å². The number of amides is 1. The van der Waals surface area contributed by atoms with Crippen LogP contribution in [0.3, 0.4) is 0 Å². The maximum Gasteiger partial charge on any atom is 0.263 e. The molecule has 3 fully saturated rings. The van der Waals surface area contributed by atoms with E-state index in [9.17, 15) is 14.4 Å². The molecule has 1 unspecified atom stereocenters. The number of carbonyl (C=O) groups is 2. The van der Waals surface area contributed by atoms with Crippen molar-refractivity contribution in [2.24, 2.45) is 5.92 Å². The molecule has 6 rings (SSSR count). The summed E-state index contributed by atoms with van der Waals surface area (Å²) in [4.78, 5) is 59.4. The number of likely N-dealkylation sites (tertiary alicyclic amines) is 1. The van der Waals surface area contributed by atoms with Gasteiger partial charge in [-0.3, -0.25) is 28.8 Å². The molecule has 0 spiro atoms. The smallest absolute Gasteiger partial charge is 0.263 e. The van der Waals surface area contributed by atoms with Gasteiger partial charge in [0.15, 0.2) is 5.78 Å². The number of halogens is 1. The second-order valence-corrected chi connectivity index (χ2v) is 13.2. The van der Waals surface area contributed by atoms with Crippen LogP contribution in [0.5, 0.6) is 0 Å². The van der Waals surface area contributed by atoms with Crippen LogP contribution < -0.4 is 10.5 Å². The first-order chi connectivity index (χ1) is 21.3. The van der Waals surface area contributed by atoms with E-state index in [1.54, 1.807) is 10.8 Å². The average molecular weight is 665 g/mol. The Labute approximate surface area is 267 Å². The van der Waals surface area contributed by atoms with E-state index in [1.807, 2.05) is 24.1 Å². The summed E-state index contributed by atoms with van der Waals surface area (Å²) in [7, 11) is 0. The Morgan fingerprint density at radius 2 is 1.75 bits per heavy atom. The van der Waals surface area contributed by atoms with E-state index in [0.29, 0.717) is 41.7 Å². The standard InChI is InChI=1S/C33H42BrN7O3/c1-22-28-21-36-29(37-32(28)41(26-5-3-4-6-26)33(44)31(22)23(2)42)18-25-7-8-27(20-35-25)39-14-11-38(12-15-39)13-16-40-10-9-24(19-34)17-30(40)43/h7-8,20-21,24,26H,3-6,9-19H2,1-2H3. The van der Waals surface area contributed by atoms with Gasteiger partial charge in [-0.1, -0.05) is 28.8 Å². The highest BCUT2D eigenvalue weighted by Crippen LogP contribution is 2.32. The van der Waals surface area contributed by atoms with Gasteiger partial charge in [-0.25, -0.2) is 9.97 Å². The first kappa shape index (κ1) is 30.8. The van der Waals surface area contributed by atoms with Gasteiger partial charge in [0.2, 0.25) is 5.91 Å².